The van der Waals surface area contributed by atoms with Gasteiger partial charge in [-0.2, -0.15) is 0 Å². The van der Waals surface area contributed by atoms with Crippen LogP contribution < -0.4 is 5.32 Å². The van der Waals surface area contributed by atoms with Crippen LogP contribution >= 0.6 is 34.3 Å². The molecule has 3 aromatic rings. The molecule has 0 saturated heterocycles. The Morgan fingerprint density at radius 2 is 2.00 bits per heavy atom. The summed E-state index contributed by atoms with van der Waals surface area (Å²) >= 11 is 9.00. The molecule has 0 unspecified atom stereocenters. The SMILES string of the molecule is COC(=O)c1c(NC(=O)Cc2csc(-c3ccccc3Cl)n2)sc(C)c1C. The minimum absolute atomic E-state index is 0.109. The predicted octanol–water partition coefficient (Wildman–Crippen LogP) is 5.11. The molecule has 0 radical (unpaired) electrons. The number of esters is 1. The number of halogens is 1. The predicted molar refractivity (Wildman–Crippen MR) is 110 cm³/mol. The third-order valence-electron chi connectivity index (χ3n) is 4.03. The lowest BCUT2D eigenvalue weighted by Gasteiger charge is -2.05. The topological polar surface area (TPSA) is 68.3 Å². The molecule has 5 nitrogen and oxygen atoms in total. The fourth-order valence-electron chi connectivity index (χ4n) is 2.54. The average Bonchev–Trinajstić information content (AvgIpc) is 3.19. The number of methoxy groups -OCH3 is 1. The second-order valence-electron chi connectivity index (χ2n) is 5.83. The van der Waals surface area contributed by atoms with Gasteiger partial charge in [0.25, 0.3) is 0 Å². The molecule has 0 aliphatic carbocycles. The number of benzene rings is 1. The molecule has 27 heavy (non-hydrogen) atoms. The number of anilines is 1. The maximum Gasteiger partial charge on any atom is 0.341 e. The first-order valence-electron chi connectivity index (χ1n) is 8.08. The molecule has 1 N–H and O–H groups in total. The molecule has 8 heteroatoms. The fraction of sp³-hybridized carbons (Fsp3) is 0.211. The van der Waals surface area contributed by atoms with Gasteiger partial charge in [0.05, 0.1) is 29.8 Å². The smallest absolute Gasteiger partial charge is 0.341 e. The Labute approximate surface area is 170 Å². The lowest BCUT2D eigenvalue weighted by Crippen LogP contribution is -2.16. The molecule has 2 aromatic heterocycles. The van der Waals surface area contributed by atoms with Gasteiger partial charge in [0.2, 0.25) is 5.91 Å². The van der Waals surface area contributed by atoms with Crippen LogP contribution in [0.5, 0.6) is 0 Å². The number of carbonyl (C=O) groups excluding carboxylic acids is 2. The summed E-state index contributed by atoms with van der Waals surface area (Å²) in [5.74, 6) is -0.695. The number of hydrogen-bond donors (Lipinski definition) is 1. The third kappa shape index (κ3) is 4.21. The van der Waals surface area contributed by atoms with Crippen LogP contribution in [0.25, 0.3) is 10.6 Å². The number of carbonyl (C=O) groups is 2. The van der Waals surface area contributed by atoms with Crippen LogP contribution in [0, 0.1) is 13.8 Å². The van der Waals surface area contributed by atoms with Crippen molar-refractivity contribution in [3.8, 4) is 10.6 Å². The van der Waals surface area contributed by atoms with Crippen molar-refractivity contribution in [2.24, 2.45) is 0 Å². The highest BCUT2D eigenvalue weighted by atomic mass is 35.5. The number of thiazole rings is 1. The highest BCUT2D eigenvalue weighted by molar-refractivity contribution is 7.16. The van der Waals surface area contributed by atoms with Crippen molar-refractivity contribution >= 4 is 51.2 Å². The molecule has 0 spiro atoms. The molecule has 0 aliphatic heterocycles. The van der Waals surface area contributed by atoms with Gasteiger partial charge in [-0.25, -0.2) is 9.78 Å². The van der Waals surface area contributed by atoms with E-state index in [1.807, 2.05) is 37.4 Å². The van der Waals surface area contributed by atoms with Gasteiger partial charge in [-0.05, 0) is 25.5 Å². The van der Waals surface area contributed by atoms with Gasteiger partial charge in [-0.15, -0.1) is 22.7 Å². The van der Waals surface area contributed by atoms with Crippen molar-refractivity contribution in [1.82, 2.24) is 4.98 Å². The monoisotopic (exact) mass is 420 g/mol. The Morgan fingerprint density at radius 3 is 2.70 bits per heavy atom. The first-order chi connectivity index (χ1) is 12.9. The van der Waals surface area contributed by atoms with Crippen LogP contribution in [0.2, 0.25) is 5.02 Å². The molecule has 0 aliphatic rings. The van der Waals surface area contributed by atoms with Crippen molar-refractivity contribution in [2.45, 2.75) is 20.3 Å². The lowest BCUT2D eigenvalue weighted by molar-refractivity contribution is -0.115. The molecule has 0 bridgehead atoms. The summed E-state index contributed by atoms with van der Waals surface area (Å²) in [6, 6.07) is 7.45. The number of ether oxygens (including phenoxy) is 1. The van der Waals surface area contributed by atoms with Gasteiger partial charge < -0.3 is 10.1 Å². The summed E-state index contributed by atoms with van der Waals surface area (Å²) in [5, 5.41) is 6.54. The molecule has 3 rings (SSSR count). The number of aryl methyl sites for hydroxylation is 1. The Kier molecular flexibility index (Phi) is 5.94. The minimum Gasteiger partial charge on any atom is -0.465 e. The van der Waals surface area contributed by atoms with Crippen molar-refractivity contribution in [2.75, 3.05) is 12.4 Å². The number of rotatable bonds is 5. The number of nitrogens with zero attached hydrogens (tertiary/aromatic N) is 1. The van der Waals surface area contributed by atoms with Gasteiger partial charge in [-0.1, -0.05) is 29.8 Å². The molecule has 0 saturated carbocycles. The average molecular weight is 421 g/mol. The van der Waals surface area contributed by atoms with Crippen LogP contribution in [-0.2, 0) is 16.0 Å². The van der Waals surface area contributed by atoms with E-state index in [4.69, 9.17) is 16.3 Å². The lowest BCUT2D eigenvalue weighted by atomic mass is 10.1. The highest BCUT2D eigenvalue weighted by Crippen LogP contribution is 2.33. The van der Waals surface area contributed by atoms with Gasteiger partial charge in [0.15, 0.2) is 0 Å². The molecule has 1 amide bonds. The number of aromatic nitrogens is 1. The Bertz CT molecular complexity index is 1010. The molecule has 1 aromatic carbocycles. The van der Waals surface area contributed by atoms with Crippen molar-refractivity contribution in [3.05, 3.63) is 56.4 Å². The largest absolute Gasteiger partial charge is 0.465 e. The summed E-state index contributed by atoms with van der Waals surface area (Å²) in [6.07, 6.45) is 0.109. The normalized spacial score (nSPS) is 10.7. The van der Waals surface area contributed by atoms with E-state index in [2.05, 4.69) is 10.3 Å². The van der Waals surface area contributed by atoms with Gasteiger partial charge in [0, 0.05) is 15.8 Å². The van der Waals surface area contributed by atoms with E-state index < -0.39 is 5.97 Å². The van der Waals surface area contributed by atoms with Crippen LogP contribution in [0.3, 0.4) is 0 Å². The maximum atomic E-state index is 12.5. The first-order valence-corrected chi connectivity index (χ1v) is 10.2. The van der Waals surface area contributed by atoms with Gasteiger partial charge >= 0.3 is 5.97 Å². The first kappa shape index (κ1) is 19.5. The van der Waals surface area contributed by atoms with E-state index >= 15 is 0 Å². The molecule has 140 valence electrons. The molecule has 0 fully saturated rings. The van der Waals surface area contributed by atoms with Crippen molar-refractivity contribution < 1.29 is 14.3 Å². The van der Waals surface area contributed by atoms with Gasteiger partial charge in [0.1, 0.15) is 10.0 Å². The number of hydrogen-bond acceptors (Lipinski definition) is 6. The third-order valence-corrected chi connectivity index (χ3v) is 6.40. The summed E-state index contributed by atoms with van der Waals surface area (Å²) in [4.78, 5) is 29.9. The fourth-order valence-corrected chi connectivity index (χ4v) is 4.75. The van der Waals surface area contributed by atoms with Crippen LogP contribution in [0.15, 0.2) is 29.6 Å². The molecular formula is C19H17ClN2O3S2. The minimum atomic E-state index is -0.457. The Morgan fingerprint density at radius 1 is 1.26 bits per heavy atom. The summed E-state index contributed by atoms with van der Waals surface area (Å²) in [7, 11) is 1.33. The van der Waals surface area contributed by atoms with Crippen molar-refractivity contribution in [3.63, 3.8) is 0 Å². The Balaban J connectivity index is 1.75. The summed E-state index contributed by atoms with van der Waals surface area (Å²) < 4.78 is 4.83. The molecule has 2 heterocycles. The second-order valence-corrected chi connectivity index (χ2v) is 8.32. The zero-order chi connectivity index (χ0) is 19.6. The van der Waals surface area contributed by atoms with E-state index in [1.165, 1.54) is 29.8 Å². The number of amides is 1. The van der Waals surface area contributed by atoms with Crippen LogP contribution in [-0.4, -0.2) is 24.0 Å². The van der Waals surface area contributed by atoms with Crippen LogP contribution in [0.1, 0.15) is 26.5 Å². The van der Waals surface area contributed by atoms with Crippen molar-refractivity contribution in [1.29, 1.82) is 0 Å². The summed E-state index contributed by atoms with van der Waals surface area (Å²) in [5.41, 5.74) is 2.71. The van der Waals surface area contributed by atoms with E-state index in [-0.39, 0.29) is 12.3 Å². The zero-order valence-corrected chi connectivity index (χ0v) is 17.3. The molecular weight excluding hydrogens is 404 g/mol. The van der Waals surface area contributed by atoms with E-state index in [0.29, 0.717) is 21.3 Å². The van der Waals surface area contributed by atoms with E-state index in [9.17, 15) is 9.59 Å². The highest BCUT2D eigenvalue weighted by Gasteiger charge is 2.22. The number of nitrogens with one attached hydrogen (secondary N) is 1. The van der Waals surface area contributed by atoms with Gasteiger partial charge in [-0.3, -0.25) is 4.79 Å². The standard InChI is InChI=1S/C19H17ClN2O3S2/c1-10-11(2)27-18(16(10)19(24)25-3)22-15(23)8-12-9-26-17(21-12)13-6-4-5-7-14(13)20/h4-7,9H,8H2,1-3H3,(H,22,23). The second kappa shape index (κ2) is 8.21. The summed E-state index contributed by atoms with van der Waals surface area (Å²) in [6.45, 7) is 3.74. The zero-order valence-electron chi connectivity index (χ0n) is 15.0. The van der Waals surface area contributed by atoms with E-state index in [1.54, 1.807) is 6.07 Å². The number of thiophene rings is 1. The quantitative estimate of drug-likeness (QED) is 0.582. The maximum absolute atomic E-state index is 12.5. The van der Waals surface area contributed by atoms with E-state index in [0.717, 1.165) is 21.0 Å². The Hall–Kier alpha value is -2.22. The molecule has 0 atom stereocenters. The van der Waals surface area contributed by atoms with Crippen LogP contribution in [0.4, 0.5) is 5.00 Å².